The number of hydrogen-bond donors (Lipinski definition) is 1. The molecule has 0 aliphatic carbocycles. The number of carbonyl (C=O) groups excluding carboxylic acids is 2. The van der Waals surface area contributed by atoms with Crippen molar-refractivity contribution in [2.75, 3.05) is 6.54 Å². The van der Waals surface area contributed by atoms with Crippen LogP contribution in [-0.2, 0) is 9.59 Å². The predicted molar refractivity (Wildman–Crippen MR) is 58.2 cm³/mol. The molecule has 0 spiro atoms. The summed E-state index contributed by atoms with van der Waals surface area (Å²) in [6.45, 7) is 7.92. The lowest BCUT2D eigenvalue weighted by Crippen LogP contribution is -2.61. The zero-order valence-corrected chi connectivity index (χ0v) is 9.70. The van der Waals surface area contributed by atoms with E-state index in [0.717, 1.165) is 5.57 Å². The van der Waals surface area contributed by atoms with E-state index in [1.54, 1.807) is 18.7 Å². The molecule has 15 heavy (non-hydrogen) atoms. The molecule has 0 aromatic rings. The highest BCUT2D eigenvalue weighted by Gasteiger charge is 2.34. The van der Waals surface area contributed by atoms with Crippen LogP contribution in [0.25, 0.3) is 0 Å². The molecule has 84 valence electrons. The van der Waals surface area contributed by atoms with Gasteiger partial charge in [-0.15, -0.1) is 0 Å². The first-order chi connectivity index (χ1) is 6.93. The van der Waals surface area contributed by atoms with Gasteiger partial charge in [-0.1, -0.05) is 11.6 Å². The lowest BCUT2D eigenvalue weighted by Gasteiger charge is -2.35. The Morgan fingerprint density at radius 3 is 2.53 bits per heavy atom. The summed E-state index contributed by atoms with van der Waals surface area (Å²) in [6, 6.07) is -0.774. The van der Waals surface area contributed by atoms with E-state index in [-0.39, 0.29) is 17.9 Å². The van der Waals surface area contributed by atoms with E-state index in [0.29, 0.717) is 6.54 Å². The molecule has 4 nitrogen and oxygen atoms in total. The van der Waals surface area contributed by atoms with Crippen molar-refractivity contribution >= 4 is 11.8 Å². The summed E-state index contributed by atoms with van der Waals surface area (Å²) >= 11 is 0. The molecule has 2 unspecified atom stereocenters. The van der Waals surface area contributed by atoms with Crippen molar-refractivity contribution in [3.05, 3.63) is 11.6 Å². The van der Waals surface area contributed by atoms with E-state index in [1.807, 2.05) is 19.9 Å². The van der Waals surface area contributed by atoms with Gasteiger partial charge in [0.25, 0.3) is 0 Å². The third kappa shape index (κ3) is 2.58. The number of allylic oxidation sites excluding steroid dienone is 1. The van der Waals surface area contributed by atoms with Crippen molar-refractivity contribution < 1.29 is 9.59 Å². The highest BCUT2D eigenvalue weighted by molar-refractivity contribution is 5.96. The van der Waals surface area contributed by atoms with Crippen LogP contribution < -0.4 is 5.32 Å². The lowest BCUT2D eigenvalue weighted by atomic mass is 10.1. The Balaban J connectivity index is 2.78. The van der Waals surface area contributed by atoms with Crippen LogP contribution in [0.1, 0.15) is 27.7 Å². The van der Waals surface area contributed by atoms with Crippen molar-refractivity contribution in [2.45, 2.75) is 39.8 Å². The van der Waals surface area contributed by atoms with Crippen LogP contribution >= 0.6 is 0 Å². The summed E-state index contributed by atoms with van der Waals surface area (Å²) in [4.78, 5) is 24.9. The fraction of sp³-hybridized carbons (Fsp3) is 0.636. The molecular formula is C11H18N2O2. The van der Waals surface area contributed by atoms with Gasteiger partial charge in [-0.05, 0) is 27.7 Å². The standard InChI is InChI=1S/C11H18N2O2/c1-7(2)5-6-13-9(4)10(14)12-8(3)11(13)15/h5,8-9H,6H2,1-4H3,(H,12,14). The molecule has 1 N–H and O–H groups in total. The summed E-state index contributed by atoms with van der Waals surface area (Å²) in [7, 11) is 0. The molecule has 2 atom stereocenters. The Morgan fingerprint density at radius 2 is 2.00 bits per heavy atom. The van der Waals surface area contributed by atoms with Gasteiger partial charge in [-0.25, -0.2) is 0 Å². The highest BCUT2D eigenvalue weighted by Crippen LogP contribution is 2.09. The zero-order chi connectivity index (χ0) is 11.6. The van der Waals surface area contributed by atoms with Gasteiger partial charge >= 0.3 is 0 Å². The number of rotatable bonds is 2. The second kappa shape index (κ2) is 4.47. The number of piperazine rings is 1. The molecule has 1 fully saturated rings. The molecule has 0 radical (unpaired) electrons. The number of nitrogens with one attached hydrogen (secondary N) is 1. The maximum atomic E-state index is 11.8. The van der Waals surface area contributed by atoms with Gasteiger partial charge in [0.15, 0.2) is 0 Å². The van der Waals surface area contributed by atoms with Gasteiger partial charge in [0, 0.05) is 6.54 Å². The van der Waals surface area contributed by atoms with E-state index >= 15 is 0 Å². The molecule has 0 bridgehead atoms. The number of hydrogen-bond acceptors (Lipinski definition) is 2. The molecule has 2 amide bonds. The van der Waals surface area contributed by atoms with Gasteiger partial charge in [-0.2, -0.15) is 0 Å². The number of amides is 2. The topological polar surface area (TPSA) is 49.4 Å². The molecule has 0 saturated carbocycles. The van der Waals surface area contributed by atoms with Crippen LogP contribution in [0.2, 0.25) is 0 Å². The van der Waals surface area contributed by atoms with E-state index in [9.17, 15) is 9.59 Å². The average Bonchev–Trinajstić information content (AvgIpc) is 2.14. The Bertz CT molecular complexity index is 306. The van der Waals surface area contributed by atoms with Crippen LogP contribution in [0.5, 0.6) is 0 Å². The summed E-state index contributed by atoms with van der Waals surface area (Å²) in [5.41, 5.74) is 1.15. The average molecular weight is 210 g/mol. The highest BCUT2D eigenvalue weighted by atomic mass is 16.2. The van der Waals surface area contributed by atoms with Gasteiger partial charge in [0.1, 0.15) is 12.1 Å². The van der Waals surface area contributed by atoms with Crippen molar-refractivity contribution in [1.82, 2.24) is 10.2 Å². The molecule has 1 rings (SSSR count). The Morgan fingerprint density at radius 1 is 1.40 bits per heavy atom. The predicted octanol–water partition coefficient (Wildman–Crippen LogP) is 0.688. The number of carbonyl (C=O) groups is 2. The Kier molecular flexibility index (Phi) is 3.50. The van der Waals surface area contributed by atoms with Crippen LogP contribution in [-0.4, -0.2) is 35.3 Å². The van der Waals surface area contributed by atoms with E-state index in [4.69, 9.17) is 0 Å². The second-order valence-corrected chi connectivity index (χ2v) is 4.18. The summed E-state index contributed by atoms with van der Waals surface area (Å²) in [6.07, 6.45) is 1.96. The fourth-order valence-electron chi connectivity index (χ4n) is 1.51. The van der Waals surface area contributed by atoms with Crippen molar-refractivity contribution in [3.8, 4) is 0 Å². The van der Waals surface area contributed by atoms with Gasteiger partial charge in [-0.3, -0.25) is 9.59 Å². The largest absolute Gasteiger partial charge is 0.343 e. The second-order valence-electron chi connectivity index (χ2n) is 4.18. The third-order valence-corrected chi connectivity index (χ3v) is 2.56. The molecule has 1 heterocycles. The monoisotopic (exact) mass is 210 g/mol. The first-order valence-electron chi connectivity index (χ1n) is 5.17. The van der Waals surface area contributed by atoms with Gasteiger partial charge in [0.05, 0.1) is 0 Å². The molecule has 0 aromatic heterocycles. The minimum Gasteiger partial charge on any atom is -0.343 e. The first kappa shape index (κ1) is 11.8. The smallest absolute Gasteiger partial charge is 0.245 e. The van der Waals surface area contributed by atoms with E-state index < -0.39 is 6.04 Å². The summed E-state index contributed by atoms with van der Waals surface area (Å²) < 4.78 is 0. The maximum Gasteiger partial charge on any atom is 0.245 e. The normalized spacial score (nSPS) is 26.3. The number of nitrogens with zero attached hydrogens (tertiary/aromatic N) is 1. The van der Waals surface area contributed by atoms with E-state index in [2.05, 4.69) is 5.32 Å². The van der Waals surface area contributed by atoms with Crippen LogP contribution in [0.4, 0.5) is 0 Å². The lowest BCUT2D eigenvalue weighted by molar-refractivity contribution is -0.147. The molecule has 4 heteroatoms. The Labute approximate surface area is 90.3 Å². The first-order valence-corrected chi connectivity index (χ1v) is 5.17. The minimum absolute atomic E-state index is 0.0143. The maximum absolute atomic E-state index is 11.8. The van der Waals surface area contributed by atoms with Gasteiger partial charge in [0.2, 0.25) is 11.8 Å². The van der Waals surface area contributed by atoms with Crippen molar-refractivity contribution in [1.29, 1.82) is 0 Å². The van der Waals surface area contributed by atoms with Crippen LogP contribution in [0.15, 0.2) is 11.6 Å². The van der Waals surface area contributed by atoms with E-state index in [1.165, 1.54) is 0 Å². The minimum atomic E-state index is -0.403. The zero-order valence-electron chi connectivity index (χ0n) is 9.70. The summed E-state index contributed by atoms with van der Waals surface area (Å²) in [5, 5.41) is 2.65. The molecule has 1 saturated heterocycles. The SMILES string of the molecule is CC(C)=CCN1C(=O)C(C)NC(=O)C1C. The molecule has 1 aliphatic rings. The fourth-order valence-corrected chi connectivity index (χ4v) is 1.51. The molecular weight excluding hydrogens is 192 g/mol. The van der Waals surface area contributed by atoms with Crippen molar-refractivity contribution in [2.24, 2.45) is 0 Å². The van der Waals surface area contributed by atoms with Crippen LogP contribution in [0, 0.1) is 0 Å². The van der Waals surface area contributed by atoms with Gasteiger partial charge < -0.3 is 10.2 Å². The molecule has 0 aromatic carbocycles. The molecule has 1 aliphatic heterocycles. The Hall–Kier alpha value is -1.32. The van der Waals surface area contributed by atoms with Crippen LogP contribution in [0.3, 0.4) is 0 Å². The van der Waals surface area contributed by atoms with Crippen molar-refractivity contribution in [3.63, 3.8) is 0 Å². The quantitative estimate of drug-likeness (QED) is 0.682. The summed E-state index contributed by atoms with van der Waals surface area (Å²) in [5.74, 6) is -0.0937. The third-order valence-electron chi connectivity index (χ3n) is 2.56.